The highest BCUT2D eigenvalue weighted by molar-refractivity contribution is 6.03. The van der Waals surface area contributed by atoms with Crippen LogP contribution in [0, 0.1) is 5.82 Å². The molecule has 1 amide bonds. The number of aliphatic imine (C=N–C) groups is 1. The summed E-state index contributed by atoms with van der Waals surface area (Å²) in [6.45, 7) is 1.81. The van der Waals surface area contributed by atoms with Gasteiger partial charge in [-0.25, -0.2) is 14.9 Å². The minimum atomic E-state index is -0.373. The Hall–Kier alpha value is -3.15. The van der Waals surface area contributed by atoms with Gasteiger partial charge in [-0.2, -0.15) is 0 Å². The number of benzene rings is 2. The quantitative estimate of drug-likeness (QED) is 0.908. The third kappa shape index (κ3) is 3.60. The van der Waals surface area contributed by atoms with Crippen molar-refractivity contribution in [2.75, 3.05) is 0 Å². The monoisotopic (exact) mass is 325 g/mol. The fraction of sp³-hybridized carbons (Fsp3) is 0.111. The van der Waals surface area contributed by atoms with Gasteiger partial charge in [-0.05, 0) is 24.6 Å². The number of halogens is 1. The first-order valence-electron chi connectivity index (χ1n) is 7.46. The summed E-state index contributed by atoms with van der Waals surface area (Å²) in [6, 6.07) is 15.0. The van der Waals surface area contributed by atoms with E-state index in [1.165, 1.54) is 18.4 Å². The van der Waals surface area contributed by atoms with Crippen molar-refractivity contribution >= 4 is 11.7 Å². The van der Waals surface area contributed by atoms with Crippen LogP contribution in [0.25, 0.3) is 0 Å². The molecule has 0 saturated carbocycles. The Morgan fingerprint density at radius 3 is 2.58 bits per heavy atom. The Morgan fingerprint density at radius 1 is 1.17 bits per heavy atom. The number of carbonyl (C=O) groups excluding carboxylic acids is 1. The molecule has 1 unspecified atom stereocenters. The van der Waals surface area contributed by atoms with E-state index in [1.54, 1.807) is 12.1 Å². The summed E-state index contributed by atoms with van der Waals surface area (Å²) < 4.78 is 13.0. The van der Waals surface area contributed by atoms with Crippen LogP contribution >= 0.6 is 0 Å². The second-order valence-electron chi connectivity index (χ2n) is 5.30. The van der Waals surface area contributed by atoms with Crippen molar-refractivity contribution < 1.29 is 14.0 Å². The van der Waals surface area contributed by atoms with Crippen LogP contribution in [0.2, 0.25) is 0 Å². The summed E-state index contributed by atoms with van der Waals surface area (Å²) >= 11 is 0. The van der Waals surface area contributed by atoms with Crippen molar-refractivity contribution in [1.29, 1.82) is 0 Å². The number of amides is 1. The first kappa shape index (κ1) is 15.7. The van der Waals surface area contributed by atoms with Crippen LogP contribution in [0.1, 0.15) is 24.1 Å². The molecule has 0 fully saturated rings. The number of hydrogen-bond donors (Lipinski definition) is 2. The fourth-order valence-electron chi connectivity index (χ4n) is 2.24. The van der Waals surface area contributed by atoms with E-state index in [0.29, 0.717) is 5.84 Å². The van der Waals surface area contributed by atoms with Gasteiger partial charge in [-0.3, -0.25) is 4.79 Å². The number of carbonyl (C=O) groups is 1. The molecule has 2 aromatic carbocycles. The van der Waals surface area contributed by atoms with E-state index < -0.39 is 0 Å². The lowest BCUT2D eigenvalue weighted by atomic mass is 10.1. The van der Waals surface area contributed by atoms with Gasteiger partial charge in [0.05, 0.1) is 6.04 Å². The first-order valence-corrected chi connectivity index (χ1v) is 7.46. The molecule has 2 N–H and O–H groups in total. The largest absolute Gasteiger partial charge is 0.386 e. The number of hydroxylamine groups is 1. The van der Waals surface area contributed by atoms with Crippen LogP contribution in [-0.4, -0.2) is 11.7 Å². The van der Waals surface area contributed by atoms with Crippen LogP contribution in [-0.2, 0) is 9.63 Å². The highest BCUT2D eigenvalue weighted by Crippen LogP contribution is 2.15. The Kier molecular flexibility index (Phi) is 4.56. The number of rotatable bonds is 4. The molecule has 0 radical (unpaired) electrons. The van der Waals surface area contributed by atoms with E-state index >= 15 is 0 Å². The van der Waals surface area contributed by atoms with Gasteiger partial charge >= 0.3 is 0 Å². The summed E-state index contributed by atoms with van der Waals surface area (Å²) in [7, 11) is 0. The molecule has 122 valence electrons. The fourth-order valence-corrected chi connectivity index (χ4v) is 2.24. The topological polar surface area (TPSA) is 62.7 Å². The molecule has 1 aliphatic heterocycles. The second-order valence-corrected chi connectivity index (χ2v) is 5.30. The SMILES string of the molecule is CC(NC(=O)C1=CONC(c2ccccc2)=N1)c1ccc(F)cc1. The Balaban J connectivity index is 1.71. The summed E-state index contributed by atoms with van der Waals surface area (Å²) in [5.41, 5.74) is 4.42. The molecule has 0 saturated heterocycles. The van der Waals surface area contributed by atoms with Crippen LogP contribution in [0.5, 0.6) is 0 Å². The smallest absolute Gasteiger partial charge is 0.273 e. The summed E-state index contributed by atoms with van der Waals surface area (Å²) in [6.07, 6.45) is 1.25. The maximum absolute atomic E-state index is 13.0. The van der Waals surface area contributed by atoms with Gasteiger partial charge in [-0.1, -0.05) is 42.5 Å². The summed E-state index contributed by atoms with van der Waals surface area (Å²) in [5.74, 6) is -0.233. The zero-order valence-corrected chi connectivity index (χ0v) is 13.0. The molecule has 1 heterocycles. The number of amidine groups is 1. The van der Waals surface area contributed by atoms with E-state index in [0.717, 1.165) is 11.1 Å². The van der Waals surface area contributed by atoms with Crippen molar-refractivity contribution in [1.82, 2.24) is 10.8 Å². The Bertz CT molecular complexity index is 786. The van der Waals surface area contributed by atoms with Gasteiger partial charge in [0.25, 0.3) is 5.91 Å². The number of hydrogen-bond acceptors (Lipinski definition) is 4. The Morgan fingerprint density at radius 2 is 1.88 bits per heavy atom. The van der Waals surface area contributed by atoms with Crippen molar-refractivity contribution in [2.45, 2.75) is 13.0 Å². The molecular formula is C18H16FN3O2. The van der Waals surface area contributed by atoms with Gasteiger partial charge in [0.15, 0.2) is 17.8 Å². The highest BCUT2D eigenvalue weighted by Gasteiger charge is 2.18. The third-order valence-corrected chi connectivity index (χ3v) is 3.56. The molecule has 0 bridgehead atoms. The lowest BCUT2D eigenvalue weighted by Gasteiger charge is -2.18. The molecule has 5 nitrogen and oxygen atoms in total. The van der Waals surface area contributed by atoms with Gasteiger partial charge in [0.2, 0.25) is 0 Å². The Labute approximate surface area is 138 Å². The number of nitrogens with zero attached hydrogens (tertiary/aromatic N) is 1. The summed E-state index contributed by atoms with van der Waals surface area (Å²) in [5, 5.41) is 2.81. The third-order valence-electron chi connectivity index (χ3n) is 3.56. The minimum absolute atomic E-state index is 0.154. The molecule has 0 spiro atoms. The van der Waals surface area contributed by atoms with Crippen molar-refractivity contribution in [2.24, 2.45) is 4.99 Å². The molecule has 1 atom stereocenters. The van der Waals surface area contributed by atoms with E-state index in [4.69, 9.17) is 4.84 Å². The molecule has 0 aliphatic carbocycles. The van der Waals surface area contributed by atoms with Crippen molar-refractivity contribution in [3.05, 3.63) is 83.5 Å². The lowest BCUT2D eigenvalue weighted by molar-refractivity contribution is -0.118. The van der Waals surface area contributed by atoms with Crippen LogP contribution in [0.15, 0.2) is 71.5 Å². The van der Waals surface area contributed by atoms with E-state index in [-0.39, 0.29) is 23.5 Å². The standard InChI is InChI=1S/C18H16FN3O2/c1-12(13-7-9-15(19)10-8-13)20-18(23)16-11-24-22-17(21-16)14-5-3-2-4-6-14/h2-12H,1H3,(H,20,23)(H,21,22). The lowest BCUT2D eigenvalue weighted by Crippen LogP contribution is -2.32. The zero-order chi connectivity index (χ0) is 16.9. The normalized spacial score (nSPS) is 14.6. The van der Waals surface area contributed by atoms with Crippen molar-refractivity contribution in [3.8, 4) is 0 Å². The average Bonchev–Trinajstić information content (AvgIpc) is 2.63. The predicted octanol–water partition coefficient (Wildman–Crippen LogP) is 2.83. The highest BCUT2D eigenvalue weighted by atomic mass is 19.1. The maximum atomic E-state index is 13.0. The average molecular weight is 325 g/mol. The number of nitrogens with one attached hydrogen (secondary N) is 2. The van der Waals surface area contributed by atoms with Gasteiger partial charge in [0, 0.05) is 5.56 Å². The first-order chi connectivity index (χ1) is 11.6. The molecule has 2 aromatic rings. The van der Waals surface area contributed by atoms with Gasteiger partial charge in [-0.15, -0.1) is 0 Å². The van der Waals surface area contributed by atoms with E-state index in [1.807, 2.05) is 37.3 Å². The van der Waals surface area contributed by atoms with Crippen LogP contribution in [0.4, 0.5) is 4.39 Å². The summed E-state index contributed by atoms with van der Waals surface area (Å²) in [4.78, 5) is 21.8. The zero-order valence-electron chi connectivity index (χ0n) is 13.0. The molecule has 1 aliphatic rings. The van der Waals surface area contributed by atoms with E-state index in [2.05, 4.69) is 15.8 Å². The second kappa shape index (κ2) is 6.95. The molecule has 3 rings (SSSR count). The molecular weight excluding hydrogens is 309 g/mol. The van der Waals surface area contributed by atoms with E-state index in [9.17, 15) is 9.18 Å². The molecule has 0 aromatic heterocycles. The molecule has 6 heteroatoms. The van der Waals surface area contributed by atoms with Crippen LogP contribution < -0.4 is 10.8 Å². The van der Waals surface area contributed by atoms with Crippen LogP contribution in [0.3, 0.4) is 0 Å². The predicted molar refractivity (Wildman–Crippen MR) is 88.2 cm³/mol. The maximum Gasteiger partial charge on any atom is 0.273 e. The van der Waals surface area contributed by atoms with Crippen molar-refractivity contribution in [3.63, 3.8) is 0 Å². The van der Waals surface area contributed by atoms with Gasteiger partial charge in [0.1, 0.15) is 5.82 Å². The van der Waals surface area contributed by atoms with Gasteiger partial charge < -0.3 is 10.2 Å². The minimum Gasteiger partial charge on any atom is -0.386 e. The molecule has 24 heavy (non-hydrogen) atoms.